The van der Waals surface area contributed by atoms with Crippen LogP contribution in [0.3, 0.4) is 0 Å². The molecular formula is C18H24N6S. The summed E-state index contributed by atoms with van der Waals surface area (Å²) in [5.74, 6) is 0.815. The van der Waals surface area contributed by atoms with Crippen molar-refractivity contribution in [1.29, 1.82) is 0 Å². The third-order valence-electron chi connectivity index (χ3n) is 3.79. The van der Waals surface area contributed by atoms with Crippen LogP contribution >= 0.6 is 11.3 Å². The Balaban J connectivity index is 1.58. The Hall–Kier alpha value is -2.41. The van der Waals surface area contributed by atoms with E-state index >= 15 is 0 Å². The van der Waals surface area contributed by atoms with Crippen LogP contribution in [0.25, 0.3) is 5.65 Å². The number of hydrogen-bond acceptors (Lipinski definition) is 4. The molecule has 0 saturated heterocycles. The van der Waals surface area contributed by atoms with Crippen molar-refractivity contribution in [3.05, 3.63) is 51.9 Å². The van der Waals surface area contributed by atoms with Crippen LogP contribution in [0.15, 0.2) is 35.7 Å². The van der Waals surface area contributed by atoms with Gasteiger partial charge in [-0.05, 0) is 32.4 Å². The molecular weight excluding hydrogens is 332 g/mol. The van der Waals surface area contributed by atoms with Crippen LogP contribution in [-0.4, -0.2) is 33.4 Å². The molecule has 0 aromatic carbocycles. The van der Waals surface area contributed by atoms with Gasteiger partial charge in [-0.1, -0.05) is 6.07 Å². The fourth-order valence-electron chi connectivity index (χ4n) is 2.60. The van der Waals surface area contributed by atoms with E-state index in [1.165, 1.54) is 10.4 Å². The highest BCUT2D eigenvalue weighted by Crippen LogP contribution is 2.12. The van der Waals surface area contributed by atoms with Gasteiger partial charge in [0.05, 0.1) is 12.2 Å². The standard InChI is InChI=1S/C18H24N6S/c1-4-19-18(22-11-16-21-10-14(3)25-16)20-8-7-15-12-24-9-5-6-13(2)17(24)23-15/h5-6,9-10,12H,4,7-8,11H2,1-3H3,(H2,19,20,22). The monoisotopic (exact) mass is 356 g/mol. The number of aromatic nitrogens is 3. The number of hydrogen-bond donors (Lipinski definition) is 2. The number of thiazole rings is 1. The Kier molecular flexibility index (Phi) is 5.65. The van der Waals surface area contributed by atoms with Crippen LogP contribution in [0.5, 0.6) is 0 Å². The number of nitrogens with one attached hydrogen (secondary N) is 2. The summed E-state index contributed by atoms with van der Waals surface area (Å²) in [4.78, 5) is 14.9. The minimum atomic E-state index is 0.599. The van der Waals surface area contributed by atoms with E-state index in [0.717, 1.165) is 41.8 Å². The number of guanidine groups is 1. The van der Waals surface area contributed by atoms with Gasteiger partial charge in [0.15, 0.2) is 5.96 Å². The average molecular weight is 356 g/mol. The van der Waals surface area contributed by atoms with Crippen molar-refractivity contribution in [2.75, 3.05) is 13.1 Å². The molecule has 0 aliphatic rings. The third-order valence-corrected chi connectivity index (χ3v) is 4.68. The lowest BCUT2D eigenvalue weighted by atomic mass is 10.3. The molecule has 0 radical (unpaired) electrons. The van der Waals surface area contributed by atoms with Crippen molar-refractivity contribution >= 4 is 22.9 Å². The topological polar surface area (TPSA) is 66.6 Å². The minimum absolute atomic E-state index is 0.599. The zero-order chi connectivity index (χ0) is 17.6. The summed E-state index contributed by atoms with van der Waals surface area (Å²) in [6.07, 6.45) is 6.86. The van der Waals surface area contributed by atoms with Crippen molar-refractivity contribution in [3.63, 3.8) is 0 Å². The number of aryl methyl sites for hydroxylation is 2. The largest absolute Gasteiger partial charge is 0.357 e. The highest BCUT2D eigenvalue weighted by Gasteiger charge is 2.05. The van der Waals surface area contributed by atoms with E-state index in [2.05, 4.69) is 58.0 Å². The van der Waals surface area contributed by atoms with Crippen molar-refractivity contribution in [2.45, 2.75) is 33.7 Å². The smallest absolute Gasteiger partial charge is 0.191 e. The minimum Gasteiger partial charge on any atom is -0.357 e. The van der Waals surface area contributed by atoms with Crippen molar-refractivity contribution < 1.29 is 0 Å². The van der Waals surface area contributed by atoms with Crippen LogP contribution < -0.4 is 10.6 Å². The maximum absolute atomic E-state index is 4.71. The number of pyridine rings is 1. The molecule has 0 atom stereocenters. The molecule has 3 heterocycles. The Morgan fingerprint density at radius 3 is 2.92 bits per heavy atom. The van der Waals surface area contributed by atoms with E-state index in [9.17, 15) is 0 Å². The van der Waals surface area contributed by atoms with E-state index in [1.54, 1.807) is 11.3 Å². The van der Waals surface area contributed by atoms with E-state index < -0.39 is 0 Å². The van der Waals surface area contributed by atoms with Crippen molar-refractivity contribution in [2.24, 2.45) is 4.99 Å². The van der Waals surface area contributed by atoms with E-state index in [4.69, 9.17) is 4.98 Å². The molecule has 3 aromatic heterocycles. The zero-order valence-electron chi connectivity index (χ0n) is 14.9. The summed E-state index contributed by atoms with van der Waals surface area (Å²) in [7, 11) is 0. The summed E-state index contributed by atoms with van der Waals surface area (Å²) >= 11 is 1.69. The van der Waals surface area contributed by atoms with Gasteiger partial charge in [0, 0.05) is 43.0 Å². The van der Waals surface area contributed by atoms with Crippen LogP contribution in [0.2, 0.25) is 0 Å². The zero-order valence-corrected chi connectivity index (χ0v) is 15.7. The molecule has 2 N–H and O–H groups in total. The van der Waals surface area contributed by atoms with E-state index in [-0.39, 0.29) is 0 Å². The van der Waals surface area contributed by atoms with Gasteiger partial charge in [0.2, 0.25) is 0 Å². The summed E-state index contributed by atoms with van der Waals surface area (Å²) in [5, 5.41) is 7.68. The number of nitrogens with zero attached hydrogens (tertiary/aromatic N) is 4. The molecule has 0 aliphatic heterocycles. The fourth-order valence-corrected chi connectivity index (χ4v) is 3.31. The van der Waals surface area contributed by atoms with Gasteiger partial charge in [-0.2, -0.15) is 0 Å². The van der Waals surface area contributed by atoms with Crippen molar-refractivity contribution in [1.82, 2.24) is 25.0 Å². The van der Waals surface area contributed by atoms with Gasteiger partial charge < -0.3 is 15.0 Å². The van der Waals surface area contributed by atoms with Gasteiger partial charge in [0.25, 0.3) is 0 Å². The predicted molar refractivity (Wildman–Crippen MR) is 103 cm³/mol. The molecule has 3 rings (SSSR count). The summed E-state index contributed by atoms with van der Waals surface area (Å²) in [6, 6.07) is 4.13. The van der Waals surface area contributed by atoms with Crippen LogP contribution in [0.1, 0.15) is 28.1 Å². The molecule has 0 bridgehead atoms. The molecule has 0 unspecified atom stereocenters. The molecule has 0 saturated carbocycles. The van der Waals surface area contributed by atoms with E-state index in [1.807, 2.05) is 18.5 Å². The molecule has 6 nitrogen and oxygen atoms in total. The molecule has 132 valence electrons. The predicted octanol–water partition coefficient (Wildman–Crippen LogP) is 2.71. The van der Waals surface area contributed by atoms with Gasteiger partial charge in [-0.15, -0.1) is 11.3 Å². The second kappa shape index (κ2) is 8.11. The average Bonchev–Trinajstić information content (AvgIpc) is 3.19. The SMILES string of the molecule is CCNC(=NCc1ncc(C)s1)NCCc1cn2cccc(C)c2n1. The highest BCUT2D eigenvalue weighted by atomic mass is 32.1. The first-order chi connectivity index (χ1) is 12.2. The van der Waals surface area contributed by atoms with Gasteiger partial charge in [-0.3, -0.25) is 0 Å². The second-order valence-corrected chi connectivity index (χ2v) is 7.21. The number of imidazole rings is 1. The lowest BCUT2D eigenvalue weighted by Gasteiger charge is -2.10. The number of aliphatic imine (C=N–C) groups is 1. The van der Waals surface area contributed by atoms with Crippen LogP contribution in [0, 0.1) is 13.8 Å². The third kappa shape index (κ3) is 4.57. The molecule has 0 spiro atoms. The Morgan fingerprint density at radius 1 is 1.32 bits per heavy atom. The molecule has 7 heteroatoms. The first kappa shape index (κ1) is 17.4. The first-order valence-corrected chi connectivity index (χ1v) is 9.34. The lowest BCUT2D eigenvalue weighted by molar-refractivity contribution is 0.790. The first-order valence-electron chi connectivity index (χ1n) is 8.52. The maximum Gasteiger partial charge on any atom is 0.191 e. The van der Waals surface area contributed by atoms with E-state index in [0.29, 0.717) is 6.54 Å². The normalized spacial score (nSPS) is 11.9. The molecule has 0 fully saturated rings. The van der Waals surface area contributed by atoms with Crippen LogP contribution in [0.4, 0.5) is 0 Å². The van der Waals surface area contributed by atoms with Crippen molar-refractivity contribution in [3.8, 4) is 0 Å². The summed E-state index contributed by atoms with van der Waals surface area (Å²) in [6.45, 7) is 8.42. The Morgan fingerprint density at radius 2 is 2.20 bits per heavy atom. The Labute approximate surface area is 152 Å². The Bertz CT molecular complexity index is 863. The number of rotatable bonds is 6. The van der Waals surface area contributed by atoms with Crippen LogP contribution in [-0.2, 0) is 13.0 Å². The highest BCUT2D eigenvalue weighted by molar-refractivity contribution is 7.11. The quantitative estimate of drug-likeness (QED) is 0.526. The maximum atomic E-state index is 4.71. The molecule has 0 aliphatic carbocycles. The van der Waals surface area contributed by atoms with Gasteiger partial charge >= 0.3 is 0 Å². The molecule has 25 heavy (non-hydrogen) atoms. The summed E-state index contributed by atoms with van der Waals surface area (Å²) < 4.78 is 2.08. The lowest BCUT2D eigenvalue weighted by Crippen LogP contribution is -2.38. The van der Waals surface area contributed by atoms with Gasteiger partial charge in [-0.25, -0.2) is 15.0 Å². The fraction of sp³-hybridized carbons (Fsp3) is 0.389. The number of fused-ring (bicyclic) bond motifs is 1. The molecule has 0 amide bonds. The summed E-state index contributed by atoms with van der Waals surface area (Å²) in [5.41, 5.74) is 3.29. The molecule has 3 aromatic rings. The van der Waals surface area contributed by atoms with Gasteiger partial charge in [0.1, 0.15) is 10.7 Å². The second-order valence-electron chi connectivity index (χ2n) is 5.89.